The molecule has 0 radical (unpaired) electrons. The number of nitrogens with one attached hydrogen (secondary N) is 1. The summed E-state index contributed by atoms with van der Waals surface area (Å²) >= 11 is 0. The smallest absolute Gasteiger partial charge is 0.262 e. The fraction of sp³-hybridized carbons (Fsp3) is 0.400. The fourth-order valence-corrected chi connectivity index (χ4v) is 1.94. The Kier molecular flexibility index (Phi) is 4.28. The molecular formula is C10H15NO4S. The van der Waals surface area contributed by atoms with Gasteiger partial charge in [-0.05, 0) is 38.1 Å². The zero-order valence-electron chi connectivity index (χ0n) is 9.43. The van der Waals surface area contributed by atoms with Crippen LogP contribution in [0.3, 0.4) is 0 Å². The van der Waals surface area contributed by atoms with Crippen LogP contribution in [0.2, 0.25) is 0 Å². The number of benzene rings is 1. The first-order chi connectivity index (χ1) is 7.45. The van der Waals surface area contributed by atoms with E-state index < -0.39 is 10.0 Å². The van der Waals surface area contributed by atoms with Crippen LogP contribution in [0.15, 0.2) is 29.2 Å². The van der Waals surface area contributed by atoms with Crippen LogP contribution in [0.1, 0.15) is 13.8 Å². The molecule has 0 spiro atoms. The van der Waals surface area contributed by atoms with Gasteiger partial charge >= 0.3 is 0 Å². The van der Waals surface area contributed by atoms with Gasteiger partial charge in [0.15, 0.2) is 0 Å². The van der Waals surface area contributed by atoms with Crippen LogP contribution < -0.4 is 9.62 Å². The van der Waals surface area contributed by atoms with Gasteiger partial charge in [-0.2, -0.15) is 0 Å². The molecule has 0 aliphatic carbocycles. The van der Waals surface area contributed by atoms with Crippen LogP contribution in [0.4, 0.5) is 0 Å². The zero-order valence-corrected chi connectivity index (χ0v) is 10.2. The first kappa shape index (κ1) is 13.0. The lowest BCUT2D eigenvalue weighted by Crippen LogP contribution is -2.22. The molecule has 1 N–H and O–H groups in total. The van der Waals surface area contributed by atoms with Crippen molar-refractivity contribution >= 4 is 10.0 Å². The summed E-state index contributed by atoms with van der Waals surface area (Å²) in [5.41, 5.74) is 0. The molecule has 0 heterocycles. The molecule has 0 aromatic heterocycles. The van der Waals surface area contributed by atoms with E-state index >= 15 is 0 Å². The summed E-state index contributed by atoms with van der Waals surface area (Å²) in [6.45, 7) is 3.80. The van der Waals surface area contributed by atoms with Gasteiger partial charge in [-0.25, -0.2) is 8.42 Å². The molecule has 90 valence electrons. The van der Waals surface area contributed by atoms with Gasteiger partial charge in [-0.15, -0.1) is 0 Å². The van der Waals surface area contributed by atoms with Gasteiger partial charge in [0, 0.05) is 0 Å². The monoisotopic (exact) mass is 245 g/mol. The van der Waals surface area contributed by atoms with Gasteiger partial charge < -0.3 is 4.74 Å². The van der Waals surface area contributed by atoms with E-state index in [9.17, 15) is 8.42 Å². The van der Waals surface area contributed by atoms with E-state index in [0.717, 1.165) is 0 Å². The van der Waals surface area contributed by atoms with Crippen LogP contribution in [-0.2, 0) is 14.9 Å². The lowest BCUT2D eigenvalue weighted by Gasteiger charge is -2.10. The number of ether oxygens (including phenoxy) is 1. The number of hydrogen-bond acceptors (Lipinski definition) is 4. The average molecular weight is 245 g/mol. The topological polar surface area (TPSA) is 64.6 Å². The van der Waals surface area contributed by atoms with Crippen LogP contribution in [0.5, 0.6) is 5.75 Å². The summed E-state index contributed by atoms with van der Waals surface area (Å²) in [5.74, 6) is 0.631. The van der Waals surface area contributed by atoms with Gasteiger partial charge in [0.2, 0.25) is 0 Å². The van der Waals surface area contributed by atoms with Crippen molar-refractivity contribution in [1.29, 1.82) is 0 Å². The van der Waals surface area contributed by atoms with Crippen molar-refractivity contribution in [2.45, 2.75) is 24.8 Å². The summed E-state index contributed by atoms with van der Waals surface area (Å²) in [6, 6.07) is 6.12. The lowest BCUT2D eigenvalue weighted by molar-refractivity contribution is 0.153. The van der Waals surface area contributed by atoms with Gasteiger partial charge in [0.05, 0.1) is 18.1 Å². The highest BCUT2D eigenvalue weighted by molar-refractivity contribution is 7.89. The minimum Gasteiger partial charge on any atom is -0.491 e. The van der Waals surface area contributed by atoms with Crippen molar-refractivity contribution in [1.82, 2.24) is 4.89 Å². The Balaban J connectivity index is 2.87. The van der Waals surface area contributed by atoms with Crippen LogP contribution in [-0.4, -0.2) is 21.6 Å². The minimum absolute atomic E-state index is 0.0551. The second kappa shape index (κ2) is 5.29. The highest BCUT2D eigenvalue weighted by atomic mass is 32.2. The van der Waals surface area contributed by atoms with Crippen LogP contribution in [0.25, 0.3) is 0 Å². The maximum absolute atomic E-state index is 11.5. The van der Waals surface area contributed by atoms with Crippen molar-refractivity contribution in [2.75, 3.05) is 7.11 Å². The molecule has 0 fully saturated rings. The van der Waals surface area contributed by atoms with Gasteiger partial charge in [0.25, 0.3) is 10.0 Å². The summed E-state index contributed by atoms with van der Waals surface area (Å²) in [5, 5.41) is 0. The Hall–Kier alpha value is -1.11. The molecule has 0 bridgehead atoms. The molecule has 1 rings (SSSR count). The molecule has 6 heteroatoms. The molecule has 0 saturated carbocycles. The molecule has 0 saturated heterocycles. The van der Waals surface area contributed by atoms with Gasteiger partial charge in [-0.3, -0.25) is 4.84 Å². The normalized spacial score (nSPS) is 11.8. The molecule has 16 heavy (non-hydrogen) atoms. The van der Waals surface area contributed by atoms with E-state index in [2.05, 4.69) is 4.84 Å². The van der Waals surface area contributed by atoms with E-state index in [1.165, 1.54) is 19.2 Å². The predicted octanol–water partition coefficient (Wildman–Crippen LogP) is 1.31. The third kappa shape index (κ3) is 3.48. The molecule has 5 nitrogen and oxygen atoms in total. The Morgan fingerprint density at radius 1 is 1.19 bits per heavy atom. The van der Waals surface area contributed by atoms with Crippen molar-refractivity contribution in [2.24, 2.45) is 0 Å². The zero-order chi connectivity index (χ0) is 12.2. The fourth-order valence-electron chi connectivity index (χ4n) is 1.13. The van der Waals surface area contributed by atoms with Crippen molar-refractivity contribution < 1.29 is 18.0 Å². The summed E-state index contributed by atoms with van der Waals surface area (Å²) in [7, 11) is -2.34. The second-order valence-corrected chi connectivity index (χ2v) is 5.07. The first-order valence-corrected chi connectivity index (χ1v) is 6.25. The van der Waals surface area contributed by atoms with Crippen LogP contribution in [0, 0.1) is 0 Å². The Bertz CT molecular complexity index is 425. The van der Waals surface area contributed by atoms with E-state index in [0.29, 0.717) is 5.75 Å². The van der Waals surface area contributed by atoms with Gasteiger partial charge in [0.1, 0.15) is 5.75 Å². The van der Waals surface area contributed by atoms with E-state index in [-0.39, 0.29) is 11.0 Å². The summed E-state index contributed by atoms with van der Waals surface area (Å²) < 4.78 is 28.4. The molecule has 0 atom stereocenters. The van der Waals surface area contributed by atoms with E-state index in [1.54, 1.807) is 12.1 Å². The Morgan fingerprint density at radius 3 is 2.19 bits per heavy atom. The lowest BCUT2D eigenvalue weighted by atomic mass is 10.3. The molecular weight excluding hydrogens is 230 g/mol. The maximum atomic E-state index is 11.5. The molecule has 0 amide bonds. The first-order valence-electron chi connectivity index (χ1n) is 4.77. The summed E-state index contributed by atoms with van der Waals surface area (Å²) in [6.07, 6.45) is 0.0551. The number of hydrogen-bond donors (Lipinski definition) is 1. The number of sulfonamides is 1. The maximum Gasteiger partial charge on any atom is 0.262 e. The third-order valence-corrected chi connectivity index (χ3v) is 2.98. The van der Waals surface area contributed by atoms with Crippen molar-refractivity contribution in [3.8, 4) is 5.75 Å². The van der Waals surface area contributed by atoms with Crippen molar-refractivity contribution in [3.05, 3.63) is 24.3 Å². The van der Waals surface area contributed by atoms with E-state index in [4.69, 9.17) is 4.74 Å². The largest absolute Gasteiger partial charge is 0.491 e. The van der Waals surface area contributed by atoms with Crippen LogP contribution >= 0.6 is 0 Å². The van der Waals surface area contributed by atoms with E-state index in [1.807, 2.05) is 18.7 Å². The molecule has 0 unspecified atom stereocenters. The minimum atomic E-state index is -3.58. The number of rotatable bonds is 5. The third-order valence-electron chi connectivity index (χ3n) is 1.70. The summed E-state index contributed by atoms with van der Waals surface area (Å²) in [4.78, 5) is 6.45. The molecule has 0 aliphatic heterocycles. The standard InChI is InChI=1S/C10H15NO4S/c1-8(2)15-9-4-6-10(7-5-9)16(12,13)11-14-3/h4-8,11H,1-3H3. The quantitative estimate of drug-likeness (QED) is 0.794. The molecule has 0 aliphatic rings. The Labute approximate surface area is 95.4 Å². The highest BCUT2D eigenvalue weighted by Crippen LogP contribution is 2.16. The Morgan fingerprint density at radius 2 is 1.75 bits per heavy atom. The molecule has 1 aromatic carbocycles. The predicted molar refractivity (Wildman–Crippen MR) is 59.5 cm³/mol. The van der Waals surface area contributed by atoms with Crippen molar-refractivity contribution in [3.63, 3.8) is 0 Å². The second-order valence-electron chi connectivity index (χ2n) is 3.43. The highest BCUT2D eigenvalue weighted by Gasteiger charge is 2.13. The average Bonchev–Trinajstić information content (AvgIpc) is 2.17. The molecule has 1 aromatic rings. The SMILES string of the molecule is CONS(=O)(=O)c1ccc(OC(C)C)cc1. The van der Waals surface area contributed by atoms with Gasteiger partial charge in [-0.1, -0.05) is 4.89 Å².